The van der Waals surface area contributed by atoms with Crippen molar-refractivity contribution >= 4 is 22.5 Å². The van der Waals surface area contributed by atoms with Crippen LogP contribution in [0.5, 0.6) is 0 Å². The van der Waals surface area contributed by atoms with E-state index in [9.17, 15) is 4.39 Å². The highest BCUT2D eigenvalue weighted by Crippen LogP contribution is 2.23. The average Bonchev–Trinajstić information content (AvgIpc) is 2.50. The summed E-state index contributed by atoms with van der Waals surface area (Å²) in [7, 11) is 0. The smallest absolute Gasteiger partial charge is 0.138 e. The zero-order valence-electron chi connectivity index (χ0n) is 13.2. The summed E-state index contributed by atoms with van der Waals surface area (Å²) < 4.78 is 12.9. The Morgan fingerprint density at radius 3 is 2.52 bits per heavy atom. The normalized spacial score (nSPS) is 11.1. The monoisotopic (exact) mass is 329 g/mol. The molecule has 0 aliphatic rings. The summed E-state index contributed by atoms with van der Waals surface area (Å²) in [6.07, 6.45) is 0. The molecule has 0 saturated heterocycles. The Morgan fingerprint density at radius 1 is 1.04 bits per heavy atom. The fourth-order valence-electron chi connectivity index (χ4n) is 2.83. The minimum atomic E-state index is -0.207. The van der Waals surface area contributed by atoms with Gasteiger partial charge >= 0.3 is 0 Å². The zero-order valence-corrected chi connectivity index (χ0v) is 14.0. The van der Waals surface area contributed by atoms with Crippen LogP contribution in [0.3, 0.4) is 0 Å². The first-order valence-corrected chi connectivity index (χ1v) is 8.03. The highest BCUT2D eigenvalue weighted by atomic mass is 35.5. The fraction of sp³-hybridized carbons (Fsp3) is 0.211. The minimum absolute atomic E-state index is 0.207. The van der Waals surface area contributed by atoms with Crippen LogP contribution in [0.1, 0.15) is 22.3 Å². The Balaban J connectivity index is 1.77. The number of quaternary nitrogens is 1. The Morgan fingerprint density at radius 2 is 1.78 bits per heavy atom. The van der Waals surface area contributed by atoms with Crippen molar-refractivity contribution in [2.45, 2.75) is 26.9 Å². The van der Waals surface area contributed by atoms with E-state index in [4.69, 9.17) is 11.6 Å². The van der Waals surface area contributed by atoms with E-state index in [1.165, 1.54) is 17.7 Å². The predicted molar refractivity (Wildman–Crippen MR) is 92.0 cm³/mol. The largest absolute Gasteiger partial charge is 0.339 e. The third-order valence-electron chi connectivity index (χ3n) is 3.94. The SMILES string of the molecule is Cc1cc(C)c2nc(Cl)c(C[NH2+]Cc3ccc(F)cc3)cc2c1. The van der Waals surface area contributed by atoms with Crippen molar-refractivity contribution in [1.82, 2.24) is 4.98 Å². The van der Waals surface area contributed by atoms with Crippen LogP contribution in [-0.4, -0.2) is 4.98 Å². The molecule has 0 unspecified atom stereocenters. The van der Waals surface area contributed by atoms with Crippen LogP contribution in [0.2, 0.25) is 5.15 Å². The first-order valence-electron chi connectivity index (χ1n) is 7.65. The molecular weight excluding hydrogens is 311 g/mol. The Hall–Kier alpha value is -1.97. The average molecular weight is 330 g/mol. The summed E-state index contributed by atoms with van der Waals surface area (Å²) in [6, 6.07) is 12.9. The third-order valence-corrected chi connectivity index (χ3v) is 4.26. The van der Waals surface area contributed by atoms with Crippen molar-refractivity contribution in [1.29, 1.82) is 0 Å². The van der Waals surface area contributed by atoms with Crippen LogP contribution in [0.15, 0.2) is 42.5 Å². The topological polar surface area (TPSA) is 29.5 Å². The van der Waals surface area contributed by atoms with Gasteiger partial charge in [-0.05, 0) is 43.7 Å². The molecule has 0 fully saturated rings. The molecule has 0 radical (unpaired) electrons. The second-order valence-corrected chi connectivity index (χ2v) is 6.27. The number of aryl methyl sites for hydroxylation is 2. The van der Waals surface area contributed by atoms with Gasteiger partial charge in [-0.2, -0.15) is 0 Å². The number of nitrogens with two attached hydrogens (primary N) is 1. The zero-order chi connectivity index (χ0) is 16.4. The van der Waals surface area contributed by atoms with Crippen molar-refractivity contribution in [3.8, 4) is 0 Å². The van der Waals surface area contributed by atoms with Gasteiger partial charge in [-0.3, -0.25) is 0 Å². The Labute approximate surface area is 140 Å². The summed E-state index contributed by atoms with van der Waals surface area (Å²) in [6.45, 7) is 5.66. The van der Waals surface area contributed by atoms with E-state index in [0.717, 1.165) is 40.7 Å². The molecule has 0 bridgehead atoms. The van der Waals surface area contributed by atoms with E-state index in [1.54, 1.807) is 12.1 Å². The molecule has 0 saturated carbocycles. The number of nitrogens with zero attached hydrogens (tertiary/aromatic N) is 1. The van der Waals surface area contributed by atoms with Crippen LogP contribution in [-0.2, 0) is 13.1 Å². The van der Waals surface area contributed by atoms with E-state index in [1.807, 2.05) is 0 Å². The van der Waals surface area contributed by atoms with Crippen molar-refractivity contribution in [3.63, 3.8) is 0 Å². The standard InChI is InChI=1S/C19H18ClFN2/c1-12-7-13(2)18-15(8-12)9-16(19(20)23-18)11-22-10-14-3-5-17(21)6-4-14/h3-9,22H,10-11H2,1-2H3/p+1. The molecule has 0 aliphatic carbocycles. The van der Waals surface area contributed by atoms with Gasteiger partial charge in [0.25, 0.3) is 0 Å². The van der Waals surface area contributed by atoms with Gasteiger partial charge in [-0.15, -0.1) is 0 Å². The van der Waals surface area contributed by atoms with Gasteiger partial charge in [0, 0.05) is 16.5 Å². The molecule has 4 heteroatoms. The van der Waals surface area contributed by atoms with Crippen molar-refractivity contribution in [3.05, 3.63) is 75.7 Å². The molecule has 2 nitrogen and oxygen atoms in total. The summed E-state index contributed by atoms with van der Waals surface area (Å²) in [5.41, 5.74) is 5.43. The number of aromatic nitrogens is 1. The number of rotatable bonds is 4. The van der Waals surface area contributed by atoms with Crippen LogP contribution in [0, 0.1) is 19.7 Å². The molecule has 3 rings (SSSR count). The number of hydrogen-bond acceptors (Lipinski definition) is 1. The van der Waals surface area contributed by atoms with Crippen LogP contribution >= 0.6 is 11.6 Å². The number of fused-ring (bicyclic) bond motifs is 1. The fourth-order valence-corrected chi connectivity index (χ4v) is 3.05. The second kappa shape index (κ2) is 6.65. The molecule has 3 aromatic rings. The highest BCUT2D eigenvalue weighted by molar-refractivity contribution is 6.30. The molecule has 23 heavy (non-hydrogen) atoms. The van der Waals surface area contributed by atoms with Gasteiger partial charge in [-0.25, -0.2) is 9.37 Å². The maximum absolute atomic E-state index is 12.9. The molecule has 0 aliphatic heterocycles. The maximum Gasteiger partial charge on any atom is 0.138 e. The summed E-state index contributed by atoms with van der Waals surface area (Å²) in [5.74, 6) is -0.207. The summed E-state index contributed by atoms with van der Waals surface area (Å²) in [4.78, 5) is 4.55. The van der Waals surface area contributed by atoms with Crippen LogP contribution < -0.4 is 5.32 Å². The van der Waals surface area contributed by atoms with E-state index in [0.29, 0.717) is 5.15 Å². The van der Waals surface area contributed by atoms with Gasteiger partial charge in [0.15, 0.2) is 0 Å². The molecule has 0 spiro atoms. The summed E-state index contributed by atoms with van der Waals surface area (Å²) >= 11 is 6.34. The van der Waals surface area contributed by atoms with Gasteiger partial charge < -0.3 is 5.32 Å². The highest BCUT2D eigenvalue weighted by Gasteiger charge is 2.09. The second-order valence-electron chi connectivity index (χ2n) is 5.92. The third kappa shape index (κ3) is 3.69. The van der Waals surface area contributed by atoms with Crippen LogP contribution in [0.25, 0.3) is 10.9 Å². The molecule has 0 atom stereocenters. The van der Waals surface area contributed by atoms with Gasteiger partial charge in [0.1, 0.15) is 24.1 Å². The van der Waals surface area contributed by atoms with Crippen molar-refractivity contribution < 1.29 is 9.71 Å². The lowest BCUT2D eigenvalue weighted by atomic mass is 10.1. The molecular formula is C19H19ClFN2+. The Bertz CT molecular complexity index is 844. The van der Waals surface area contributed by atoms with E-state index >= 15 is 0 Å². The Kier molecular flexibility index (Phi) is 4.60. The first-order chi connectivity index (χ1) is 11.0. The lowest BCUT2D eigenvalue weighted by Crippen LogP contribution is -2.80. The number of hydrogen-bond donors (Lipinski definition) is 1. The van der Waals surface area contributed by atoms with Gasteiger partial charge in [0.2, 0.25) is 0 Å². The van der Waals surface area contributed by atoms with Crippen LogP contribution in [0.4, 0.5) is 4.39 Å². The number of pyridine rings is 1. The maximum atomic E-state index is 12.9. The van der Waals surface area contributed by atoms with Gasteiger partial charge in [0.05, 0.1) is 5.52 Å². The molecule has 2 aromatic carbocycles. The molecule has 2 N–H and O–H groups in total. The molecule has 118 valence electrons. The van der Waals surface area contributed by atoms with Gasteiger partial charge in [-0.1, -0.05) is 35.4 Å². The predicted octanol–water partition coefficient (Wildman–Crippen LogP) is 3.91. The van der Waals surface area contributed by atoms with Crippen molar-refractivity contribution in [2.24, 2.45) is 0 Å². The molecule has 1 heterocycles. The number of halogens is 2. The lowest BCUT2D eigenvalue weighted by molar-refractivity contribution is -0.686. The first kappa shape index (κ1) is 15.9. The van der Waals surface area contributed by atoms with E-state index in [-0.39, 0.29) is 5.82 Å². The minimum Gasteiger partial charge on any atom is -0.339 e. The van der Waals surface area contributed by atoms with Crippen molar-refractivity contribution in [2.75, 3.05) is 0 Å². The van der Waals surface area contributed by atoms with E-state index in [2.05, 4.69) is 42.3 Å². The number of benzene rings is 2. The molecule has 0 amide bonds. The summed E-state index contributed by atoms with van der Waals surface area (Å²) in [5, 5.41) is 3.82. The lowest BCUT2D eigenvalue weighted by Gasteiger charge is -2.08. The molecule has 1 aromatic heterocycles. The van der Waals surface area contributed by atoms with E-state index < -0.39 is 0 Å². The quantitative estimate of drug-likeness (QED) is 0.723.